The van der Waals surface area contributed by atoms with Gasteiger partial charge in [0.1, 0.15) is 5.69 Å². The van der Waals surface area contributed by atoms with Crippen LogP contribution in [-0.4, -0.2) is 40.1 Å². The van der Waals surface area contributed by atoms with Crippen LogP contribution in [-0.2, 0) is 0 Å². The van der Waals surface area contributed by atoms with Gasteiger partial charge in [0.2, 0.25) is 0 Å². The van der Waals surface area contributed by atoms with Crippen LogP contribution >= 0.6 is 11.3 Å². The first kappa shape index (κ1) is 16.3. The van der Waals surface area contributed by atoms with Gasteiger partial charge in [-0.15, -0.1) is 16.4 Å². The van der Waals surface area contributed by atoms with Crippen LogP contribution in [0.3, 0.4) is 0 Å². The van der Waals surface area contributed by atoms with E-state index >= 15 is 0 Å². The Kier molecular flexibility index (Phi) is 4.11. The maximum atomic E-state index is 4.76. The van der Waals surface area contributed by atoms with Gasteiger partial charge in [-0.25, -0.2) is 15.0 Å². The predicted octanol–water partition coefficient (Wildman–Crippen LogP) is 3.30. The third kappa shape index (κ3) is 2.93. The van der Waals surface area contributed by atoms with E-state index in [-0.39, 0.29) is 0 Å². The number of benzene rings is 1. The summed E-state index contributed by atoms with van der Waals surface area (Å²) < 4.78 is 1.68. The SMILES string of the molecule is c1ccc(-n2nnnc2-c2cnc(-c3cnccn3)nc2-c2cccs2)cc1. The van der Waals surface area contributed by atoms with Crippen molar-refractivity contribution in [2.45, 2.75) is 0 Å². The summed E-state index contributed by atoms with van der Waals surface area (Å²) in [6.45, 7) is 0. The van der Waals surface area contributed by atoms with Gasteiger partial charge in [0.15, 0.2) is 11.6 Å². The van der Waals surface area contributed by atoms with Crippen molar-refractivity contribution in [3.8, 4) is 39.2 Å². The molecule has 28 heavy (non-hydrogen) atoms. The van der Waals surface area contributed by atoms with Crippen LogP contribution in [0.4, 0.5) is 0 Å². The maximum absolute atomic E-state index is 4.76. The van der Waals surface area contributed by atoms with Gasteiger partial charge in [-0.2, -0.15) is 4.68 Å². The monoisotopic (exact) mass is 384 g/mol. The molecule has 0 amide bonds. The van der Waals surface area contributed by atoms with Gasteiger partial charge in [0, 0.05) is 18.6 Å². The highest BCUT2D eigenvalue weighted by Gasteiger charge is 2.19. The highest BCUT2D eigenvalue weighted by Crippen LogP contribution is 2.33. The summed E-state index contributed by atoms with van der Waals surface area (Å²) in [6.07, 6.45) is 6.61. The number of nitrogens with zero attached hydrogens (tertiary/aromatic N) is 8. The lowest BCUT2D eigenvalue weighted by atomic mass is 10.1. The first-order chi connectivity index (χ1) is 13.9. The lowest BCUT2D eigenvalue weighted by molar-refractivity contribution is 0.791. The molecule has 134 valence electrons. The van der Waals surface area contributed by atoms with Gasteiger partial charge >= 0.3 is 0 Å². The van der Waals surface area contributed by atoms with Crippen molar-refractivity contribution in [3.63, 3.8) is 0 Å². The number of hydrogen-bond donors (Lipinski definition) is 0. The quantitative estimate of drug-likeness (QED) is 0.469. The molecule has 0 N–H and O–H groups in total. The zero-order valence-corrected chi connectivity index (χ0v) is 15.2. The molecule has 8 nitrogen and oxygen atoms in total. The summed E-state index contributed by atoms with van der Waals surface area (Å²) in [5.74, 6) is 1.07. The second-order valence-corrected chi connectivity index (χ2v) is 6.72. The molecule has 9 heteroatoms. The molecule has 5 aromatic rings. The summed E-state index contributed by atoms with van der Waals surface area (Å²) in [5.41, 5.74) is 2.95. The van der Waals surface area contributed by atoms with Crippen LogP contribution in [0, 0.1) is 0 Å². The highest BCUT2D eigenvalue weighted by atomic mass is 32.1. The minimum Gasteiger partial charge on any atom is -0.261 e. The minimum atomic E-state index is 0.499. The molecular weight excluding hydrogens is 372 g/mol. The number of thiophene rings is 1. The Labute approximate surface area is 163 Å². The average Bonchev–Trinajstić information content (AvgIpc) is 3.47. The van der Waals surface area contributed by atoms with E-state index in [1.165, 1.54) is 0 Å². The van der Waals surface area contributed by atoms with Gasteiger partial charge in [0.25, 0.3) is 0 Å². The Morgan fingerprint density at radius 3 is 2.61 bits per heavy atom. The number of tetrazole rings is 1. The molecule has 0 saturated carbocycles. The summed E-state index contributed by atoms with van der Waals surface area (Å²) in [5, 5.41) is 14.3. The number of hydrogen-bond acceptors (Lipinski definition) is 8. The fraction of sp³-hybridized carbons (Fsp3) is 0. The molecule has 0 bridgehead atoms. The second-order valence-electron chi connectivity index (χ2n) is 5.77. The zero-order chi connectivity index (χ0) is 18.8. The Bertz CT molecular complexity index is 1200. The molecular formula is C19H12N8S. The van der Waals surface area contributed by atoms with Crippen LogP contribution in [0.15, 0.2) is 72.6 Å². The Hall–Kier alpha value is -3.85. The number of aromatic nitrogens is 8. The van der Waals surface area contributed by atoms with E-state index in [0.717, 1.165) is 21.8 Å². The number of para-hydroxylation sites is 1. The molecule has 0 saturated heterocycles. The maximum Gasteiger partial charge on any atom is 0.190 e. The summed E-state index contributed by atoms with van der Waals surface area (Å²) >= 11 is 1.59. The van der Waals surface area contributed by atoms with Gasteiger partial charge < -0.3 is 0 Å². The van der Waals surface area contributed by atoms with Crippen molar-refractivity contribution in [1.82, 2.24) is 40.1 Å². The molecule has 4 heterocycles. The van der Waals surface area contributed by atoms with Crippen molar-refractivity contribution in [1.29, 1.82) is 0 Å². The van der Waals surface area contributed by atoms with Gasteiger partial charge in [-0.1, -0.05) is 24.3 Å². The smallest absolute Gasteiger partial charge is 0.190 e. The minimum absolute atomic E-state index is 0.499. The van der Waals surface area contributed by atoms with Crippen LogP contribution in [0.5, 0.6) is 0 Å². The fourth-order valence-electron chi connectivity index (χ4n) is 2.78. The van der Waals surface area contributed by atoms with Crippen LogP contribution in [0.25, 0.3) is 39.2 Å². The van der Waals surface area contributed by atoms with E-state index in [2.05, 4.69) is 30.5 Å². The van der Waals surface area contributed by atoms with Crippen molar-refractivity contribution in [3.05, 3.63) is 72.6 Å². The topological polar surface area (TPSA) is 95.2 Å². The molecule has 0 fully saturated rings. The Morgan fingerprint density at radius 1 is 0.893 bits per heavy atom. The molecule has 0 radical (unpaired) electrons. The lowest BCUT2D eigenvalue weighted by Gasteiger charge is -2.09. The molecule has 5 rings (SSSR count). The molecule has 0 atom stereocenters. The highest BCUT2D eigenvalue weighted by molar-refractivity contribution is 7.13. The van der Waals surface area contributed by atoms with Crippen molar-refractivity contribution in [2.24, 2.45) is 0 Å². The molecule has 0 unspecified atom stereocenters. The van der Waals surface area contributed by atoms with E-state index in [0.29, 0.717) is 17.3 Å². The normalized spacial score (nSPS) is 10.9. The average molecular weight is 384 g/mol. The van der Waals surface area contributed by atoms with Crippen LogP contribution in [0.1, 0.15) is 0 Å². The molecule has 4 aromatic heterocycles. The lowest BCUT2D eigenvalue weighted by Crippen LogP contribution is -2.03. The number of rotatable bonds is 4. The van der Waals surface area contributed by atoms with Gasteiger partial charge in [-0.3, -0.25) is 4.98 Å². The first-order valence-corrected chi connectivity index (χ1v) is 9.29. The van der Waals surface area contributed by atoms with E-state index < -0.39 is 0 Å². The molecule has 0 aliphatic rings. The van der Waals surface area contributed by atoms with Gasteiger partial charge in [-0.05, 0) is 34.0 Å². The van der Waals surface area contributed by atoms with Crippen molar-refractivity contribution in [2.75, 3.05) is 0 Å². The largest absolute Gasteiger partial charge is 0.261 e. The fourth-order valence-corrected chi connectivity index (χ4v) is 3.51. The molecule has 0 aliphatic carbocycles. The zero-order valence-electron chi connectivity index (χ0n) is 14.4. The van der Waals surface area contributed by atoms with Gasteiger partial charge in [0.05, 0.1) is 28.0 Å². The molecule has 1 aromatic carbocycles. The second kappa shape index (κ2) is 7.05. The standard InChI is InChI=1S/C19H12N8S/c1-2-5-13(6-3-1)27-19(24-25-26-27)14-11-22-18(15-12-20-8-9-21-15)23-17(14)16-7-4-10-28-16/h1-12H. The predicted molar refractivity (Wildman–Crippen MR) is 105 cm³/mol. The summed E-state index contributed by atoms with van der Waals surface area (Å²) in [7, 11) is 0. The molecule has 0 spiro atoms. The summed E-state index contributed by atoms with van der Waals surface area (Å²) in [6, 6.07) is 13.7. The third-order valence-corrected chi connectivity index (χ3v) is 4.92. The Balaban J connectivity index is 1.70. The van der Waals surface area contributed by atoms with E-state index in [1.807, 2.05) is 47.8 Å². The van der Waals surface area contributed by atoms with E-state index in [4.69, 9.17) is 4.98 Å². The van der Waals surface area contributed by atoms with E-state index in [1.54, 1.807) is 40.8 Å². The van der Waals surface area contributed by atoms with Crippen molar-refractivity contribution < 1.29 is 0 Å². The Morgan fingerprint density at radius 2 is 1.82 bits per heavy atom. The third-order valence-electron chi connectivity index (χ3n) is 4.05. The van der Waals surface area contributed by atoms with E-state index in [9.17, 15) is 0 Å². The molecule has 0 aliphatic heterocycles. The van der Waals surface area contributed by atoms with Crippen molar-refractivity contribution >= 4 is 11.3 Å². The van der Waals surface area contributed by atoms with Crippen LogP contribution in [0.2, 0.25) is 0 Å². The van der Waals surface area contributed by atoms with Crippen LogP contribution < -0.4 is 0 Å². The first-order valence-electron chi connectivity index (χ1n) is 8.41. The summed E-state index contributed by atoms with van der Waals surface area (Å²) in [4.78, 5) is 18.6.